The fourth-order valence-corrected chi connectivity index (χ4v) is 2.49. The molecule has 0 spiro atoms. The quantitative estimate of drug-likeness (QED) is 0.631. The van der Waals surface area contributed by atoms with E-state index in [9.17, 15) is 4.79 Å². The molecule has 0 unspecified atom stereocenters. The first-order chi connectivity index (χ1) is 13.0. The van der Waals surface area contributed by atoms with Crippen molar-refractivity contribution in [2.24, 2.45) is 0 Å². The number of carbonyl (C=O) groups excluding carboxylic acids is 1. The van der Waals surface area contributed by atoms with E-state index >= 15 is 0 Å². The van der Waals surface area contributed by atoms with Gasteiger partial charge >= 0.3 is 5.97 Å². The van der Waals surface area contributed by atoms with Gasteiger partial charge in [-0.15, -0.1) is 0 Å². The zero-order valence-electron chi connectivity index (χ0n) is 14.7. The number of nitrogens with one attached hydrogen (secondary N) is 1. The molecular formula is C19H17ClN4O3. The third-order valence-corrected chi connectivity index (χ3v) is 4.27. The van der Waals surface area contributed by atoms with Gasteiger partial charge in [0.25, 0.3) is 0 Å². The molecule has 0 saturated heterocycles. The highest BCUT2D eigenvalue weighted by molar-refractivity contribution is 6.31. The van der Waals surface area contributed by atoms with Gasteiger partial charge in [0.2, 0.25) is 5.88 Å². The number of benzene rings is 2. The summed E-state index contributed by atoms with van der Waals surface area (Å²) < 4.78 is 10.4. The molecule has 1 aromatic heterocycles. The number of anilines is 3. The third kappa shape index (κ3) is 4.09. The Morgan fingerprint density at radius 2 is 1.89 bits per heavy atom. The minimum atomic E-state index is -0.425. The molecule has 1 heterocycles. The first-order valence-corrected chi connectivity index (χ1v) is 8.36. The molecule has 8 heteroatoms. The van der Waals surface area contributed by atoms with Gasteiger partial charge in [0.05, 0.1) is 12.7 Å². The highest BCUT2D eigenvalue weighted by Crippen LogP contribution is 2.33. The smallest absolute Gasteiger partial charge is 0.337 e. The average molecular weight is 385 g/mol. The Bertz CT molecular complexity index is 977. The molecule has 3 N–H and O–H groups in total. The summed E-state index contributed by atoms with van der Waals surface area (Å²) in [5.74, 6) is 0.638. The minimum Gasteiger partial charge on any atom is -0.465 e. The molecule has 0 bridgehead atoms. The Labute approximate surface area is 161 Å². The summed E-state index contributed by atoms with van der Waals surface area (Å²) >= 11 is 6.14. The van der Waals surface area contributed by atoms with Crippen LogP contribution in [0.3, 0.4) is 0 Å². The van der Waals surface area contributed by atoms with Gasteiger partial charge in [-0.3, -0.25) is 0 Å². The topological polar surface area (TPSA) is 99.4 Å². The average Bonchev–Trinajstić information content (AvgIpc) is 2.68. The molecule has 7 nitrogen and oxygen atoms in total. The highest BCUT2D eigenvalue weighted by Gasteiger charge is 2.13. The summed E-state index contributed by atoms with van der Waals surface area (Å²) in [6.45, 7) is 1.89. The summed E-state index contributed by atoms with van der Waals surface area (Å²) in [4.78, 5) is 19.7. The fraction of sp³-hybridized carbons (Fsp3) is 0.105. The Kier molecular flexibility index (Phi) is 5.42. The monoisotopic (exact) mass is 384 g/mol. The van der Waals surface area contributed by atoms with Crippen molar-refractivity contribution in [1.82, 2.24) is 9.97 Å². The summed E-state index contributed by atoms with van der Waals surface area (Å²) in [6, 6.07) is 11.9. The van der Waals surface area contributed by atoms with Crippen molar-refractivity contribution < 1.29 is 14.3 Å². The molecule has 27 heavy (non-hydrogen) atoms. The van der Waals surface area contributed by atoms with Gasteiger partial charge in [-0.25, -0.2) is 9.78 Å². The molecule has 0 amide bonds. The molecule has 0 fully saturated rings. The first kappa shape index (κ1) is 18.5. The largest absolute Gasteiger partial charge is 0.465 e. The lowest BCUT2D eigenvalue weighted by Crippen LogP contribution is -2.04. The van der Waals surface area contributed by atoms with Crippen molar-refractivity contribution in [2.45, 2.75) is 6.92 Å². The number of methoxy groups -OCH3 is 1. The predicted octanol–water partition coefficient (Wildman–Crippen LogP) is 4.34. The Balaban J connectivity index is 1.82. The zero-order valence-corrected chi connectivity index (χ0v) is 15.4. The summed E-state index contributed by atoms with van der Waals surface area (Å²) in [6.07, 6.45) is 1.34. The molecule has 2 aromatic carbocycles. The predicted molar refractivity (Wildman–Crippen MR) is 104 cm³/mol. The molecular weight excluding hydrogens is 368 g/mol. The summed E-state index contributed by atoms with van der Waals surface area (Å²) in [5.41, 5.74) is 8.46. The molecule has 3 rings (SSSR count). The number of rotatable bonds is 5. The van der Waals surface area contributed by atoms with Gasteiger partial charge in [0, 0.05) is 10.7 Å². The number of hydrogen-bond donors (Lipinski definition) is 2. The second-order valence-corrected chi connectivity index (χ2v) is 6.00. The zero-order chi connectivity index (χ0) is 19.4. The van der Waals surface area contributed by atoms with Crippen LogP contribution in [0.5, 0.6) is 11.6 Å². The van der Waals surface area contributed by atoms with Gasteiger partial charge in [-0.2, -0.15) is 4.98 Å². The van der Waals surface area contributed by atoms with Gasteiger partial charge in [-0.05, 0) is 48.9 Å². The van der Waals surface area contributed by atoms with Gasteiger partial charge in [0.15, 0.2) is 5.82 Å². The molecule has 0 saturated carbocycles. The van der Waals surface area contributed by atoms with Crippen LogP contribution in [0.1, 0.15) is 15.9 Å². The molecule has 138 valence electrons. The second kappa shape index (κ2) is 7.92. The van der Waals surface area contributed by atoms with E-state index in [0.717, 1.165) is 11.3 Å². The van der Waals surface area contributed by atoms with E-state index in [-0.39, 0.29) is 11.6 Å². The SMILES string of the molecule is COC(=O)c1ccc(Oc2ncnc(Nc3cccc(Cl)c3C)c2N)cc1. The van der Waals surface area contributed by atoms with E-state index in [1.165, 1.54) is 13.4 Å². The van der Waals surface area contributed by atoms with E-state index in [0.29, 0.717) is 22.2 Å². The van der Waals surface area contributed by atoms with Crippen LogP contribution in [-0.2, 0) is 4.74 Å². The van der Waals surface area contributed by atoms with E-state index in [1.54, 1.807) is 30.3 Å². The number of aromatic nitrogens is 2. The van der Waals surface area contributed by atoms with Crippen LogP contribution in [-0.4, -0.2) is 23.0 Å². The first-order valence-electron chi connectivity index (χ1n) is 7.98. The standard InChI is InChI=1S/C19H17ClN4O3/c1-11-14(20)4-3-5-15(11)24-17-16(21)18(23-10-22-17)27-13-8-6-12(7-9-13)19(25)26-2/h3-10H,21H2,1-2H3,(H,22,23,24). The van der Waals surface area contributed by atoms with E-state index in [4.69, 9.17) is 22.1 Å². The van der Waals surface area contributed by atoms with Gasteiger partial charge in [0.1, 0.15) is 17.8 Å². The maximum Gasteiger partial charge on any atom is 0.337 e. The van der Waals surface area contributed by atoms with Crippen LogP contribution in [0.4, 0.5) is 17.2 Å². The molecule has 0 atom stereocenters. The van der Waals surface area contributed by atoms with Gasteiger partial charge < -0.3 is 20.5 Å². The molecule has 0 aliphatic carbocycles. The van der Waals surface area contributed by atoms with E-state index < -0.39 is 5.97 Å². The van der Waals surface area contributed by atoms with Crippen molar-refractivity contribution >= 4 is 34.8 Å². The Morgan fingerprint density at radius 1 is 1.15 bits per heavy atom. The normalized spacial score (nSPS) is 10.3. The van der Waals surface area contributed by atoms with Crippen LogP contribution < -0.4 is 15.8 Å². The Morgan fingerprint density at radius 3 is 2.59 bits per heavy atom. The lowest BCUT2D eigenvalue weighted by atomic mass is 10.2. The third-order valence-electron chi connectivity index (χ3n) is 3.86. The van der Waals surface area contributed by atoms with Crippen molar-refractivity contribution in [3.63, 3.8) is 0 Å². The van der Waals surface area contributed by atoms with Crippen LogP contribution in [0.2, 0.25) is 5.02 Å². The number of esters is 1. The van der Waals surface area contributed by atoms with Crippen molar-refractivity contribution in [3.8, 4) is 11.6 Å². The summed E-state index contributed by atoms with van der Waals surface area (Å²) in [5, 5.41) is 3.77. The summed E-state index contributed by atoms with van der Waals surface area (Å²) in [7, 11) is 1.32. The number of nitrogens with two attached hydrogens (primary N) is 1. The maximum atomic E-state index is 11.5. The number of nitrogens with zero attached hydrogens (tertiary/aromatic N) is 2. The molecule has 3 aromatic rings. The van der Waals surface area contributed by atoms with Crippen LogP contribution in [0.25, 0.3) is 0 Å². The van der Waals surface area contributed by atoms with Crippen molar-refractivity contribution in [1.29, 1.82) is 0 Å². The Hall–Kier alpha value is -3.32. The highest BCUT2D eigenvalue weighted by atomic mass is 35.5. The van der Waals surface area contributed by atoms with Crippen LogP contribution in [0.15, 0.2) is 48.8 Å². The maximum absolute atomic E-state index is 11.5. The lowest BCUT2D eigenvalue weighted by Gasteiger charge is -2.13. The minimum absolute atomic E-state index is 0.193. The van der Waals surface area contributed by atoms with Crippen LogP contribution >= 0.6 is 11.6 Å². The van der Waals surface area contributed by atoms with E-state index in [1.807, 2.05) is 19.1 Å². The van der Waals surface area contributed by atoms with Crippen LogP contribution in [0, 0.1) is 6.92 Å². The number of halogens is 1. The van der Waals surface area contributed by atoms with Crippen molar-refractivity contribution in [2.75, 3.05) is 18.2 Å². The van der Waals surface area contributed by atoms with E-state index in [2.05, 4.69) is 20.0 Å². The number of hydrogen-bond acceptors (Lipinski definition) is 7. The second-order valence-electron chi connectivity index (χ2n) is 5.60. The number of nitrogen functional groups attached to an aromatic ring is 1. The number of carbonyl (C=O) groups is 1. The fourth-order valence-electron chi connectivity index (χ4n) is 2.32. The van der Waals surface area contributed by atoms with Crippen molar-refractivity contribution in [3.05, 3.63) is 64.9 Å². The molecule has 0 aliphatic rings. The number of ether oxygens (including phenoxy) is 2. The lowest BCUT2D eigenvalue weighted by molar-refractivity contribution is 0.0600. The molecule has 0 aliphatic heterocycles. The van der Waals surface area contributed by atoms with Gasteiger partial charge in [-0.1, -0.05) is 17.7 Å². The molecule has 0 radical (unpaired) electrons.